The molecule has 114 valence electrons. The molecule has 0 spiro atoms. The molecule has 1 aliphatic heterocycles. The summed E-state index contributed by atoms with van der Waals surface area (Å²) in [6.07, 6.45) is 4.51. The highest BCUT2D eigenvalue weighted by atomic mass is 16.5. The molecular formula is C16H20O5. The highest BCUT2D eigenvalue weighted by molar-refractivity contribution is 5.84. The third-order valence-electron chi connectivity index (χ3n) is 4.49. The first-order chi connectivity index (χ1) is 10.1. The zero-order valence-electron chi connectivity index (χ0n) is 11.9. The van der Waals surface area contributed by atoms with Crippen molar-refractivity contribution in [2.24, 2.45) is 0 Å². The van der Waals surface area contributed by atoms with Crippen LogP contribution in [0.4, 0.5) is 0 Å². The highest BCUT2D eigenvalue weighted by Crippen LogP contribution is 2.51. The molecule has 1 aliphatic carbocycles. The van der Waals surface area contributed by atoms with Crippen LogP contribution >= 0.6 is 0 Å². The van der Waals surface area contributed by atoms with Crippen LogP contribution in [-0.2, 0) is 10.2 Å². The third-order valence-corrected chi connectivity index (χ3v) is 4.49. The summed E-state index contributed by atoms with van der Waals surface area (Å²) in [5.41, 5.74) is -0.671. The highest BCUT2D eigenvalue weighted by Gasteiger charge is 2.46. The molecule has 2 N–H and O–H groups in total. The number of carbonyl (C=O) groups is 1. The Hall–Kier alpha value is -1.91. The molecule has 1 saturated carbocycles. The fraction of sp³-hybridized carbons (Fsp3) is 0.562. The normalized spacial score (nSPS) is 20.6. The lowest BCUT2D eigenvalue weighted by Crippen LogP contribution is -2.38. The number of fused-ring (bicyclic) bond motifs is 1. The number of ether oxygens (including phenoxy) is 2. The topological polar surface area (TPSA) is 76.0 Å². The van der Waals surface area contributed by atoms with E-state index in [4.69, 9.17) is 9.47 Å². The molecule has 2 aliphatic rings. The molecule has 0 bridgehead atoms. The summed E-state index contributed by atoms with van der Waals surface area (Å²) >= 11 is 0. The molecule has 5 nitrogen and oxygen atoms in total. The third kappa shape index (κ3) is 2.30. The lowest BCUT2D eigenvalue weighted by atomic mass is 9.68. The van der Waals surface area contributed by atoms with Crippen LogP contribution in [-0.4, -0.2) is 29.4 Å². The minimum Gasteiger partial charge on any atom is -0.507 e. The first-order valence-electron chi connectivity index (χ1n) is 7.50. The van der Waals surface area contributed by atoms with Crippen LogP contribution in [0.15, 0.2) is 12.1 Å². The zero-order chi connectivity index (χ0) is 14.9. The van der Waals surface area contributed by atoms with Crippen LogP contribution in [0.2, 0.25) is 0 Å². The molecule has 0 atom stereocenters. The van der Waals surface area contributed by atoms with Crippen molar-refractivity contribution >= 4 is 5.97 Å². The second-order valence-corrected chi connectivity index (χ2v) is 5.79. The predicted octanol–water partition coefficient (Wildman–Crippen LogP) is 2.84. The van der Waals surface area contributed by atoms with Crippen molar-refractivity contribution in [2.75, 3.05) is 13.2 Å². The minimum absolute atomic E-state index is 0.0106. The van der Waals surface area contributed by atoms with Crippen LogP contribution in [0.25, 0.3) is 0 Å². The van der Waals surface area contributed by atoms with Crippen molar-refractivity contribution in [1.82, 2.24) is 0 Å². The fourth-order valence-corrected chi connectivity index (χ4v) is 3.41. The van der Waals surface area contributed by atoms with Gasteiger partial charge in [0.2, 0.25) is 0 Å². The van der Waals surface area contributed by atoms with Gasteiger partial charge in [-0.3, -0.25) is 4.79 Å². The summed E-state index contributed by atoms with van der Waals surface area (Å²) in [6.45, 7) is 1.01. The Bertz CT molecular complexity index is 546. The Morgan fingerprint density at radius 1 is 1.05 bits per heavy atom. The summed E-state index contributed by atoms with van der Waals surface area (Å²) < 4.78 is 11.4. The molecule has 0 aromatic heterocycles. The van der Waals surface area contributed by atoms with E-state index in [1.165, 1.54) is 6.07 Å². The van der Waals surface area contributed by atoms with Gasteiger partial charge in [-0.15, -0.1) is 0 Å². The second kappa shape index (κ2) is 5.47. The Kier molecular flexibility index (Phi) is 3.66. The van der Waals surface area contributed by atoms with Gasteiger partial charge < -0.3 is 19.7 Å². The van der Waals surface area contributed by atoms with Gasteiger partial charge in [0.1, 0.15) is 11.2 Å². The first kappa shape index (κ1) is 14.0. The Labute approximate surface area is 123 Å². The lowest BCUT2D eigenvalue weighted by molar-refractivity contribution is -0.145. The van der Waals surface area contributed by atoms with Crippen molar-refractivity contribution in [3.63, 3.8) is 0 Å². The summed E-state index contributed by atoms with van der Waals surface area (Å²) in [7, 11) is 0. The summed E-state index contributed by atoms with van der Waals surface area (Å²) in [5, 5.41) is 20.2. The maximum Gasteiger partial charge on any atom is 0.314 e. The van der Waals surface area contributed by atoms with Crippen LogP contribution in [0.3, 0.4) is 0 Å². The average molecular weight is 292 g/mol. The maximum atomic E-state index is 12.0. The van der Waals surface area contributed by atoms with Gasteiger partial charge in [0.15, 0.2) is 11.5 Å². The number of carboxylic acids is 1. The van der Waals surface area contributed by atoms with E-state index in [0.717, 1.165) is 25.7 Å². The average Bonchev–Trinajstić information content (AvgIpc) is 2.73. The quantitative estimate of drug-likeness (QED) is 0.876. The van der Waals surface area contributed by atoms with Crippen molar-refractivity contribution in [2.45, 2.75) is 43.9 Å². The molecule has 0 unspecified atom stereocenters. The number of aromatic hydroxyl groups is 1. The lowest BCUT2D eigenvalue weighted by Gasteiger charge is -2.35. The van der Waals surface area contributed by atoms with E-state index in [2.05, 4.69) is 0 Å². The van der Waals surface area contributed by atoms with Gasteiger partial charge in [0.05, 0.1) is 18.8 Å². The number of rotatable bonds is 2. The van der Waals surface area contributed by atoms with Crippen LogP contribution < -0.4 is 9.47 Å². The van der Waals surface area contributed by atoms with Crippen LogP contribution in [0.1, 0.15) is 44.1 Å². The number of phenolic OH excluding ortho intramolecular Hbond substituents is 1. The molecule has 1 aromatic rings. The van der Waals surface area contributed by atoms with Gasteiger partial charge in [-0.1, -0.05) is 19.3 Å². The molecular weight excluding hydrogens is 272 g/mol. The summed E-state index contributed by atoms with van der Waals surface area (Å²) in [5.74, 6) is 0.0468. The van der Waals surface area contributed by atoms with E-state index in [1.807, 2.05) is 0 Å². The monoisotopic (exact) mass is 292 g/mol. The van der Waals surface area contributed by atoms with E-state index < -0.39 is 11.4 Å². The van der Waals surface area contributed by atoms with Gasteiger partial charge in [-0.2, -0.15) is 0 Å². The SMILES string of the molecule is O=C(O)C1(c2c(O)ccc3c2OCCCO3)CCCCC1. The first-order valence-corrected chi connectivity index (χ1v) is 7.50. The van der Waals surface area contributed by atoms with Gasteiger partial charge in [0.25, 0.3) is 0 Å². The zero-order valence-corrected chi connectivity index (χ0v) is 11.9. The van der Waals surface area contributed by atoms with Gasteiger partial charge in [-0.05, 0) is 25.0 Å². The number of hydrogen-bond acceptors (Lipinski definition) is 4. The molecule has 0 radical (unpaired) electrons. The van der Waals surface area contributed by atoms with Gasteiger partial charge in [-0.25, -0.2) is 0 Å². The van der Waals surface area contributed by atoms with Crippen LogP contribution in [0, 0.1) is 0 Å². The Morgan fingerprint density at radius 2 is 1.76 bits per heavy atom. The summed E-state index contributed by atoms with van der Waals surface area (Å²) in [6, 6.07) is 3.17. The molecule has 1 fully saturated rings. The van der Waals surface area contributed by atoms with E-state index in [0.29, 0.717) is 43.1 Å². The van der Waals surface area contributed by atoms with Crippen molar-refractivity contribution < 1.29 is 24.5 Å². The fourth-order valence-electron chi connectivity index (χ4n) is 3.41. The number of aliphatic carboxylic acids is 1. The number of carboxylic acid groups (broad SMARTS) is 1. The standard InChI is InChI=1S/C16H20O5/c17-11-5-6-12-14(21-10-4-9-20-12)13(11)16(15(18)19)7-2-1-3-8-16/h5-6,17H,1-4,7-10H2,(H,18,19). The van der Waals surface area contributed by atoms with Crippen molar-refractivity contribution in [3.8, 4) is 17.2 Å². The van der Waals surface area contributed by atoms with Crippen LogP contribution in [0.5, 0.6) is 17.2 Å². The number of phenols is 1. The molecule has 3 rings (SSSR count). The predicted molar refractivity (Wildman–Crippen MR) is 76.1 cm³/mol. The van der Waals surface area contributed by atoms with Gasteiger partial charge in [0, 0.05) is 6.42 Å². The van der Waals surface area contributed by atoms with Crippen molar-refractivity contribution in [3.05, 3.63) is 17.7 Å². The van der Waals surface area contributed by atoms with E-state index in [1.54, 1.807) is 6.07 Å². The molecule has 0 amide bonds. The molecule has 1 heterocycles. The van der Waals surface area contributed by atoms with Crippen molar-refractivity contribution in [1.29, 1.82) is 0 Å². The maximum absolute atomic E-state index is 12.0. The Balaban J connectivity index is 2.17. The molecule has 5 heteroatoms. The van der Waals surface area contributed by atoms with E-state index in [9.17, 15) is 15.0 Å². The second-order valence-electron chi connectivity index (χ2n) is 5.79. The smallest absolute Gasteiger partial charge is 0.314 e. The van der Waals surface area contributed by atoms with E-state index >= 15 is 0 Å². The van der Waals surface area contributed by atoms with Gasteiger partial charge >= 0.3 is 5.97 Å². The number of hydrogen-bond donors (Lipinski definition) is 2. The largest absolute Gasteiger partial charge is 0.507 e. The minimum atomic E-state index is -1.07. The van der Waals surface area contributed by atoms with E-state index in [-0.39, 0.29) is 5.75 Å². The number of benzene rings is 1. The summed E-state index contributed by atoms with van der Waals surface area (Å²) in [4.78, 5) is 12.0. The molecule has 0 saturated heterocycles. The Morgan fingerprint density at radius 3 is 2.48 bits per heavy atom. The molecule has 21 heavy (non-hydrogen) atoms. The molecule has 1 aromatic carbocycles.